The molecular weight excluding hydrogens is 346 g/mol. The van der Waals surface area contributed by atoms with Crippen LogP contribution in [0.15, 0.2) is 4.52 Å². The van der Waals surface area contributed by atoms with E-state index < -0.39 is 0 Å². The number of carbonyl (C=O) groups is 1. The molecule has 1 atom stereocenters. The number of hydrogen-bond acceptors (Lipinski definition) is 7. The summed E-state index contributed by atoms with van der Waals surface area (Å²) in [5.41, 5.74) is 0. The number of piperidine rings is 2. The average molecular weight is 380 g/mol. The van der Waals surface area contributed by atoms with Crippen LogP contribution in [-0.2, 0) is 22.5 Å². The zero-order valence-electron chi connectivity index (χ0n) is 16.7. The minimum atomic E-state index is 0.112. The van der Waals surface area contributed by atoms with Gasteiger partial charge < -0.3 is 14.6 Å². The highest BCUT2D eigenvalue weighted by atomic mass is 16.5. The van der Waals surface area contributed by atoms with Crippen LogP contribution in [0.1, 0.15) is 44.3 Å². The van der Waals surface area contributed by atoms with Gasteiger partial charge in [0.15, 0.2) is 5.82 Å². The van der Waals surface area contributed by atoms with Crippen molar-refractivity contribution in [2.75, 3.05) is 46.4 Å². The third-order valence-electron chi connectivity index (χ3n) is 5.68. The summed E-state index contributed by atoms with van der Waals surface area (Å²) >= 11 is 0. The number of rotatable bonds is 8. The lowest BCUT2D eigenvalue weighted by molar-refractivity contribution is -0.127. The molecule has 2 aliphatic heterocycles. The van der Waals surface area contributed by atoms with Crippen molar-refractivity contribution in [3.05, 3.63) is 11.7 Å². The number of hydrogen-bond donors (Lipinski definition) is 1. The molecule has 1 amide bonds. The van der Waals surface area contributed by atoms with Gasteiger partial charge in [0.1, 0.15) is 0 Å². The van der Waals surface area contributed by atoms with Gasteiger partial charge in [-0.2, -0.15) is 4.98 Å². The number of carbonyl (C=O) groups excluding carboxylic acids is 1. The molecule has 8 heteroatoms. The van der Waals surface area contributed by atoms with Crippen LogP contribution >= 0.6 is 0 Å². The van der Waals surface area contributed by atoms with Crippen LogP contribution in [0.2, 0.25) is 0 Å². The van der Waals surface area contributed by atoms with Crippen molar-refractivity contribution in [1.82, 2.24) is 25.3 Å². The SMILES string of the molecule is CCc1nc(CN2CCC(N3CCC[C@@H](C(=O)NCCOC)C3)CC2)no1. The first-order valence-corrected chi connectivity index (χ1v) is 10.2. The van der Waals surface area contributed by atoms with Gasteiger partial charge in [-0.25, -0.2) is 0 Å². The summed E-state index contributed by atoms with van der Waals surface area (Å²) in [5, 5.41) is 7.05. The van der Waals surface area contributed by atoms with Crippen LogP contribution in [0.4, 0.5) is 0 Å². The lowest BCUT2D eigenvalue weighted by Gasteiger charge is -2.41. The minimum Gasteiger partial charge on any atom is -0.383 e. The molecule has 0 unspecified atom stereocenters. The van der Waals surface area contributed by atoms with Gasteiger partial charge in [-0.15, -0.1) is 0 Å². The quantitative estimate of drug-likeness (QED) is 0.677. The maximum absolute atomic E-state index is 12.4. The fourth-order valence-electron chi connectivity index (χ4n) is 4.11. The maximum atomic E-state index is 12.4. The zero-order valence-corrected chi connectivity index (χ0v) is 16.7. The first-order valence-electron chi connectivity index (χ1n) is 10.2. The Bertz CT molecular complexity index is 586. The fourth-order valence-corrected chi connectivity index (χ4v) is 4.11. The highest BCUT2D eigenvalue weighted by molar-refractivity contribution is 5.78. The van der Waals surface area contributed by atoms with E-state index in [2.05, 4.69) is 25.3 Å². The second kappa shape index (κ2) is 10.1. The third-order valence-corrected chi connectivity index (χ3v) is 5.68. The van der Waals surface area contributed by atoms with E-state index >= 15 is 0 Å². The van der Waals surface area contributed by atoms with E-state index in [4.69, 9.17) is 9.26 Å². The van der Waals surface area contributed by atoms with E-state index in [1.54, 1.807) is 7.11 Å². The number of likely N-dealkylation sites (tertiary alicyclic amines) is 2. The molecule has 0 aromatic carbocycles. The number of ether oxygens (including phenoxy) is 1. The lowest BCUT2D eigenvalue weighted by Crippen LogP contribution is -2.50. The minimum absolute atomic E-state index is 0.112. The maximum Gasteiger partial charge on any atom is 0.226 e. The molecule has 27 heavy (non-hydrogen) atoms. The lowest BCUT2D eigenvalue weighted by atomic mass is 9.93. The second-order valence-corrected chi connectivity index (χ2v) is 7.58. The first kappa shape index (κ1) is 20.2. The van der Waals surface area contributed by atoms with Gasteiger partial charge in [0.2, 0.25) is 11.8 Å². The topological polar surface area (TPSA) is 83.7 Å². The fraction of sp³-hybridized carbons (Fsp3) is 0.842. The molecule has 2 fully saturated rings. The molecule has 1 aromatic heterocycles. The molecular formula is C19H33N5O3. The monoisotopic (exact) mass is 379 g/mol. The van der Waals surface area contributed by atoms with Crippen molar-refractivity contribution < 1.29 is 14.1 Å². The Kier molecular flexibility index (Phi) is 7.60. The summed E-state index contributed by atoms with van der Waals surface area (Å²) in [5.74, 6) is 1.79. The Morgan fingerprint density at radius 1 is 1.30 bits per heavy atom. The first-order chi connectivity index (χ1) is 13.2. The number of methoxy groups -OCH3 is 1. The van der Waals surface area contributed by atoms with E-state index in [1.165, 1.54) is 0 Å². The van der Waals surface area contributed by atoms with E-state index in [1.807, 2.05) is 6.92 Å². The van der Waals surface area contributed by atoms with Crippen LogP contribution in [0.25, 0.3) is 0 Å². The molecule has 0 bridgehead atoms. The van der Waals surface area contributed by atoms with Crippen LogP contribution in [-0.4, -0.2) is 78.3 Å². The Hall–Kier alpha value is -1.51. The standard InChI is InChI=1S/C19H33N5O3/c1-3-18-21-17(22-27-18)14-23-10-6-16(7-11-23)24-9-4-5-15(13-24)19(25)20-8-12-26-2/h15-16H,3-14H2,1-2H3,(H,20,25)/t15-/m1/s1. The van der Waals surface area contributed by atoms with Crippen molar-refractivity contribution >= 4 is 5.91 Å². The van der Waals surface area contributed by atoms with Crippen molar-refractivity contribution in [2.24, 2.45) is 5.92 Å². The van der Waals surface area contributed by atoms with Gasteiger partial charge in [0.05, 0.1) is 19.1 Å². The predicted octanol–water partition coefficient (Wildman–Crippen LogP) is 1.07. The van der Waals surface area contributed by atoms with Gasteiger partial charge in [-0.3, -0.25) is 14.6 Å². The second-order valence-electron chi connectivity index (χ2n) is 7.58. The third kappa shape index (κ3) is 5.73. The van der Waals surface area contributed by atoms with Gasteiger partial charge in [-0.05, 0) is 32.2 Å². The van der Waals surface area contributed by atoms with Gasteiger partial charge in [0, 0.05) is 45.8 Å². The summed E-state index contributed by atoms with van der Waals surface area (Å²) in [7, 11) is 1.66. The van der Waals surface area contributed by atoms with E-state index in [-0.39, 0.29) is 11.8 Å². The molecule has 8 nitrogen and oxygen atoms in total. The molecule has 0 spiro atoms. The van der Waals surface area contributed by atoms with Crippen molar-refractivity contribution in [3.63, 3.8) is 0 Å². The molecule has 2 saturated heterocycles. The molecule has 0 radical (unpaired) electrons. The number of nitrogens with zero attached hydrogens (tertiary/aromatic N) is 4. The van der Waals surface area contributed by atoms with E-state index in [0.29, 0.717) is 25.1 Å². The largest absolute Gasteiger partial charge is 0.383 e. The van der Waals surface area contributed by atoms with Crippen molar-refractivity contribution in [1.29, 1.82) is 0 Å². The molecule has 1 aromatic rings. The Morgan fingerprint density at radius 2 is 2.11 bits per heavy atom. The Morgan fingerprint density at radius 3 is 2.81 bits per heavy atom. The van der Waals surface area contributed by atoms with Crippen LogP contribution < -0.4 is 5.32 Å². The molecule has 2 aliphatic rings. The number of aryl methyl sites for hydroxylation is 1. The predicted molar refractivity (Wildman–Crippen MR) is 101 cm³/mol. The summed E-state index contributed by atoms with van der Waals surface area (Å²) < 4.78 is 10.2. The van der Waals surface area contributed by atoms with Crippen molar-refractivity contribution in [3.8, 4) is 0 Å². The Balaban J connectivity index is 1.42. The summed E-state index contributed by atoms with van der Waals surface area (Å²) in [6.07, 6.45) is 5.15. The molecule has 3 rings (SSSR count). The highest BCUT2D eigenvalue weighted by Crippen LogP contribution is 2.24. The summed E-state index contributed by atoms with van der Waals surface area (Å²) in [6.45, 7) is 8.03. The molecule has 1 N–H and O–H groups in total. The Labute approximate surface area is 161 Å². The summed E-state index contributed by atoms with van der Waals surface area (Å²) in [4.78, 5) is 21.7. The van der Waals surface area contributed by atoms with E-state index in [0.717, 1.165) is 70.7 Å². The normalized spacial score (nSPS) is 22.8. The summed E-state index contributed by atoms with van der Waals surface area (Å²) in [6, 6.07) is 0.576. The molecule has 152 valence electrons. The van der Waals surface area contributed by atoms with Gasteiger partial charge in [-0.1, -0.05) is 12.1 Å². The smallest absolute Gasteiger partial charge is 0.226 e. The molecule has 0 saturated carbocycles. The average Bonchev–Trinajstić information content (AvgIpc) is 3.16. The number of aromatic nitrogens is 2. The van der Waals surface area contributed by atoms with Crippen LogP contribution in [0.3, 0.4) is 0 Å². The van der Waals surface area contributed by atoms with Crippen LogP contribution in [0, 0.1) is 5.92 Å². The van der Waals surface area contributed by atoms with Crippen molar-refractivity contribution in [2.45, 2.75) is 51.6 Å². The zero-order chi connectivity index (χ0) is 19.1. The highest BCUT2D eigenvalue weighted by Gasteiger charge is 2.31. The van der Waals surface area contributed by atoms with Gasteiger partial charge in [0.25, 0.3) is 0 Å². The molecule has 3 heterocycles. The van der Waals surface area contributed by atoms with Crippen LogP contribution in [0.5, 0.6) is 0 Å². The van der Waals surface area contributed by atoms with Gasteiger partial charge >= 0.3 is 0 Å². The van der Waals surface area contributed by atoms with E-state index in [9.17, 15) is 4.79 Å². The number of nitrogens with one attached hydrogen (secondary N) is 1. The molecule has 0 aliphatic carbocycles. The number of amides is 1.